The number of nitro groups is 2. The van der Waals surface area contributed by atoms with Crippen molar-refractivity contribution in [3.05, 3.63) is 167 Å². The summed E-state index contributed by atoms with van der Waals surface area (Å²) in [4.78, 5) is 56.5. The Bertz CT molecular complexity index is 2270. The summed E-state index contributed by atoms with van der Waals surface area (Å²) in [6.07, 6.45) is -1.42. The van der Waals surface area contributed by atoms with Gasteiger partial charge in [-0.25, -0.2) is 9.86 Å². The summed E-state index contributed by atoms with van der Waals surface area (Å²) < 4.78 is 25.4. The number of nitrogens with one attached hydrogen (secondary N) is 1. The van der Waals surface area contributed by atoms with Crippen molar-refractivity contribution in [2.45, 2.75) is 62.7 Å². The van der Waals surface area contributed by atoms with Gasteiger partial charge in [-0.2, -0.15) is 0 Å². The number of benzene rings is 4. The molecule has 310 valence electrons. The van der Waals surface area contributed by atoms with Gasteiger partial charge in [-0.15, -0.1) is 0 Å². The van der Waals surface area contributed by atoms with Gasteiger partial charge in [0.15, 0.2) is 12.3 Å². The normalized spacial score (nSPS) is 17.7. The predicted molar refractivity (Wildman–Crippen MR) is 216 cm³/mol. The van der Waals surface area contributed by atoms with Crippen LogP contribution in [-0.4, -0.2) is 70.2 Å². The van der Waals surface area contributed by atoms with E-state index >= 15 is 0 Å². The zero-order valence-corrected chi connectivity index (χ0v) is 32.7. The van der Waals surface area contributed by atoms with Crippen molar-refractivity contribution >= 4 is 17.1 Å². The molecule has 2 heterocycles. The van der Waals surface area contributed by atoms with Crippen LogP contribution in [0.4, 0.5) is 17.1 Å². The van der Waals surface area contributed by atoms with Crippen LogP contribution in [0, 0.1) is 20.2 Å². The summed E-state index contributed by atoms with van der Waals surface area (Å²) in [5.74, 6) is 1.23. The molecular formula is C42H45N5O12. The summed E-state index contributed by atoms with van der Waals surface area (Å²) in [6.45, 7) is 1.80. The number of nitro benzene ring substituents is 2. The van der Waals surface area contributed by atoms with E-state index in [2.05, 4.69) is 4.98 Å². The number of anilines is 1. The first-order chi connectivity index (χ1) is 28.5. The van der Waals surface area contributed by atoms with E-state index in [9.17, 15) is 34.9 Å². The Morgan fingerprint density at radius 1 is 0.831 bits per heavy atom. The van der Waals surface area contributed by atoms with Gasteiger partial charge in [0.1, 0.15) is 35.0 Å². The summed E-state index contributed by atoms with van der Waals surface area (Å²) in [5.41, 5.74) is -1.95. The Kier molecular flexibility index (Phi) is 13.5. The second kappa shape index (κ2) is 18.9. The van der Waals surface area contributed by atoms with Crippen LogP contribution in [0.1, 0.15) is 55.5 Å². The molecule has 1 fully saturated rings. The molecule has 4 atom stereocenters. The van der Waals surface area contributed by atoms with Crippen LogP contribution in [-0.2, 0) is 19.9 Å². The second-order valence-electron chi connectivity index (χ2n) is 13.8. The number of unbranched alkanes of at least 4 members (excludes halogenated alkanes) is 3. The third-order valence-electron chi connectivity index (χ3n) is 10.2. The number of hydroxylamine groups is 1. The van der Waals surface area contributed by atoms with Crippen LogP contribution in [0.25, 0.3) is 0 Å². The zero-order chi connectivity index (χ0) is 42.1. The number of aliphatic hydroxyl groups excluding tert-OH is 1. The molecule has 6 rings (SSSR count). The third kappa shape index (κ3) is 9.18. The maximum Gasteiger partial charge on any atom is 0.330 e. The van der Waals surface area contributed by atoms with E-state index in [0.29, 0.717) is 29.0 Å². The largest absolute Gasteiger partial charge is 0.497 e. The molecule has 0 aliphatic carbocycles. The zero-order valence-electron chi connectivity index (χ0n) is 32.7. The molecule has 1 saturated heterocycles. The highest BCUT2D eigenvalue weighted by Gasteiger charge is 2.49. The average molecular weight is 812 g/mol. The maximum atomic E-state index is 13.3. The second-order valence-corrected chi connectivity index (χ2v) is 13.8. The van der Waals surface area contributed by atoms with E-state index in [-0.39, 0.29) is 18.8 Å². The molecule has 4 aromatic carbocycles. The van der Waals surface area contributed by atoms with Crippen molar-refractivity contribution < 1.29 is 38.7 Å². The number of aliphatic hydroxyl groups is 1. The lowest BCUT2D eigenvalue weighted by Crippen LogP contribution is -2.44. The van der Waals surface area contributed by atoms with Gasteiger partial charge in [-0.05, 0) is 53.4 Å². The van der Waals surface area contributed by atoms with Gasteiger partial charge in [0.2, 0.25) is 0 Å². The fourth-order valence-electron chi connectivity index (χ4n) is 7.14. The van der Waals surface area contributed by atoms with Crippen molar-refractivity contribution in [3.63, 3.8) is 0 Å². The number of aromatic amines is 1. The molecule has 0 saturated carbocycles. The lowest BCUT2D eigenvalue weighted by molar-refractivity contribution is -0.393. The van der Waals surface area contributed by atoms with E-state index in [0.717, 1.165) is 47.6 Å². The number of H-pyrrole nitrogens is 1. The Labute approximate surface area is 338 Å². The van der Waals surface area contributed by atoms with Gasteiger partial charge in [0, 0.05) is 24.9 Å². The molecule has 0 amide bonds. The number of rotatable bonds is 19. The summed E-state index contributed by atoms with van der Waals surface area (Å²) in [6, 6.07) is 28.4. The number of nitrogens with zero attached hydrogens (tertiary/aromatic N) is 4. The van der Waals surface area contributed by atoms with Crippen molar-refractivity contribution in [2.24, 2.45) is 0 Å². The van der Waals surface area contributed by atoms with E-state index in [1.54, 1.807) is 38.5 Å². The molecule has 59 heavy (non-hydrogen) atoms. The lowest BCUT2D eigenvalue weighted by atomic mass is 9.80. The van der Waals surface area contributed by atoms with Crippen LogP contribution in [0.3, 0.4) is 0 Å². The van der Waals surface area contributed by atoms with E-state index < -0.39 is 62.6 Å². The van der Waals surface area contributed by atoms with Crippen LogP contribution in [0.5, 0.6) is 11.5 Å². The highest BCUT2D eigenvalue weighted by molar-refractivity contribution is 5.65. The van der Waals surface area contributed by atoms with Crippen LogP contribution < -0.4 is 25.8 Å². The number of hydrogen-bond donors (Lipinski definition) is 2. The van der Waals surface area contributed by atoms with Crippen LogP contribution in [0.15, 0.2) is 119 Å². The molecule has 17 nitrogen and oxygen atoms in total. The molecule has 5 aromatic rings. The topological polar surface area (TPSA) is 211 Å². The average Bonchev–Trinajstić information content (AvgIpc) is 3.55. The molecule has 2 N–H and O–H groups in total. The Balaban J connectivity index is 1.43. The third-order valence-corrected chi connectivity index (χ3v) is 10.2. The Morgan fingerprint density at radius 3 is 2.02 bits per heavy atom. The highest BCUT2D eigenvalue weighted by Crippen LogP contribution is 2.43. The van der Waals surface area contributed by atoms with E-state index in [1.165, 1.54) is 17.3 Å². The quantitative estimate of drug-likeness (QED) is 0.0423. The summed E-state index contributed by atoms with van der Waals surface area (Å²) >= 11 is 0. The summed E-state index contributed by atoms with van der Waals surface area (Å²) in [7, 11) is 3.13. The standard InChI is InChI=1S/C42H45N5O12/c1-4-5-6-10-24-45(34-22-17-31(46(51)52)26-35(34)47(53)54)59-39-38(49)36(58-40(39)44-25-23-37(48)43-41(44)50)27-57-42(28-11-8-7-9-12-28,29-13-18-32(55-2)19-14-29)30-15-20-33(56-3)21-16-30/h7-9,11-23,25-26,36,38-40,49H,4-6,10,24,27H2,1-3H3,(H,43,48,50)/t36-,38-,39-,40-/m1/s1. The molecule has 0 bridgehead atoms. The molecule has 0 spiro atoms. The number of aromatic nitrogens is 2. The van der Waals surface area contributed by atoms with Gasteiger partial charge >= 0.3 is 11.4 Å². The molecule has 0 radical (unpaired) electrons. The van der Waals surface area contributed by atoms with Gasteiger partial charge in [0.25, 0.3) is 11.2 Å². The minimum Gasteiger partial charge on any atom is -0.497 e. The fraction of sp³-hybridized carbons (Fsp3) is 0.333. The number of methoxy groups -OCH3 is 2. The van der Waals surface area contributed by atoms with Crippen LogP contribution in [0.2, 0.25) is 0 Å². The smallest absolute Gasteiger partial charge is 0.330 e. The van der Waals surface area contributed by atoms with Gasteiger partial charge < -0.3 is 24.1 Å². The van der Waals surface area contributed by atoms with Crippen molar-refractivity contribution in [1.82, 2.24) is 9.55 Å². The first-order valence-electron chi connectivity index (χ1n) is 19.0. The minimum atomic E-state index is -1.55. The SMILES string of the molecule is CCCCCCN(O[C@@H]1[C@H](O)[C@@H](COC(c2ccccc2)(c2ccc(OC)cc2)c2ccc(OC)cc2)O[C@H]1n1ccc(=O)[nH]c1=O)c1ccc([N+](=O)[O-])cc1[N+](=O)[O-]. The monoisotopic (exact) mass is 811 g/mol. The molecule has 1 aliphatic rings. The maximum absolute atomic E-state index is 13.3. The summed E-state index contributed by atoms with van der Waals surface area (Å²) in [5, 5.41) is 37.3. The number of hydrogen-bond acceptors (Lipinski definition) is 13. The lowest BCUT2D eigenvalue weighted by Gasteiger charge is -2.37. The first-order valence-corrected chi connectivity index (χ1v) is 19.0. The molecule has 0 unspecified atom stereocenters. The van der Waals surface area contributed by atoms with Crippen molar-refractivity contribution in [1.29, 1.82) is 0 Å². The molecule has 1 aliphatic heterocycles. The fourth-order valence-corrected chi connectivity index (χ4v) is 7.14. The van der Waals surface area contributed by atoms with Crippen molar-refractivity contribution in [3.8, 4) is 11.5 Å². The Morgan fingerprint density at radius 2 is 1.46 bits per heavy atom. The minimum absolute atomic E-state index is 0.0718. The molecule has 17 heteroatoms. The van der Waals surface area contributed by atoms with Gasteiger partial charge in [0.05, 0.1) is 36.7 Å². The first kappa shape index (κ1) is 42.2. The molecule has 1 aromatic heterocycles. The van der Waals surface area contributed by atoms with E-state index in [4.69, 9.17) is 23.8 Å². The van der Waals surface area contributed by atoms with Gasteiger partial charge in [-0.3, -0.25) is 39.4 Å². The highest BCUT2D eigenvalue weighted by atomic mass is 16.7. The van der Waals surface area contributed by atoms with E-state index in [1.807, 2.05) is 61.5 Å². The molecular weight excluding hydrogens is 766 g/mol. The van der Waals surface area contributed by atoms with Crippen LogP contribution >= 0.6 is 0 Å². The van der Waals surface area contributed by atoms with Gasteiger partial charge in [-0.1, -0.05) is 80.8 Å². The number of ether oxygens (including phenoxy) is 4. The predicted octanol–water partition coefficient (Wildman–Crippen LogP) is 6.02. The number of non-ortho nitro benzene ring substituents is 1. The Hall–Kier alpha value is -6.40. The van der Waals surface area contributed by atoms with Crippen molar-refractivity contribution in [2.75, 3.05) is 32.4 Å².